The maximum atomic E-state index is 12.8. The molecule has 1 atom stereocenters. The summed E-state index contributed by atoms with van der Waals surface area (Å²) in [7, 11) is 0. The molecule has 1 saturated heterocycles. The molecule has 0 aliphatic carbocycles. The Kier molecular flexibility index (Phi) is 5.83. The summed E-state index contributed by atoms with van der Waals surface area (Å²) >= 11 is 2.94. The fraction of sp³-hybridized carbons (Fsp3) is 0.286. The van der Waals surface area contributed by atoms with Crippen LogP contribution in [0.5, 0.6) is 5.19 Å². The van der Waals surface area contributed by atoms with Crippen LogP contribution < -0.4 is 4.74 Å². The predicted molar refractivity (Wildman–Crippen MR) is 110 cm³/mol. The van der Waals surface area contributed by atoms with E-state index in [4.69, 9.17) is 4.74 Å². The van der Waals surface area contributed by atoms with E-state index in [-0.39, 0.29) is 17.8 Å². The lowest BCUT2D eigenvalue weighted by molar-refractivity contribution is 0.0777. The Morgan fingerprint density at radius 2 is 2.04 bits per heavy atom. The number of likely N-dealkylation sites (tertiary alicyclic amines) is 1. The highest BCUT2D eigenvalue weighted by Crippen LogP contribution is 2.25. The van der Waals surface area contributed by atoms with Crippen LogP contribution in [0.1, 0.15) is 37.7 Å². The molecule has 0 saturated carbocycles. The van der Waals surface area contributed by atoms with E-state index < -0.39 is 0 Å². The molecule has 3 aromatic rings. The molecule has 3 heterocycles. The Hall–Kier alpha value is -2.51. The Labute approximate surface area is 171 Å². The predicted octanol–water partition coefficient (Wildman–Crippen LogP) is 4.31. The highest BCUT2D eigenvalue weighted by Gasteiger charge is 2.29. The van der Waals surface area contributed by atoms with Crippen molar-refractivity contribution in [2.75, 3.05) is 13.1 Å². The minimum atomic E-state index is -0.00183. The summed E-state index contributed by atoms with van der Waals surface area (Å²) in [6.07, 6.45) is 3.63. The van der Waals surface area contributed by atoms with E-state index >= 15 is 0 Å². The van der Waals surface area contributed by atoms with Gasteiger partial charge in [-0.25, -0.2) is 4.98 Å². The second-order valence-electron chi connectivity index (χ2n) is 6.63. The van der Waals surface area contributed by atoms with Crippen molar-refractivity contribution in [1.82, 2.24) is 9.88 Å². The van der Waals surface area contributed by atoms with Crippen molar-refractivity contribution in [3.63, 3.8) is 0 Å². The molecule has 0 spiro atoms. The third-order valence-corrected chi connectivity index (χ3v) is 6.47. The van der Waals surface area contributed by atoms with Gasteiger partial charge in [0.25, 0.3) is 11.1 Å². The van der Waals surface area contributed by atoms with Gasteiger partial charge in [-0.2, -0.15) is 0 Å². The fourth-order valence-corrected chi connectivity index (χ4v) is 4.73. The topological polar surface area (TPSA) is 59.5 Å². The molecule has 1 aliphatic rings. The van der Waals surface area contributed by atoms with Crippen LogP contribution >= 0.6 is 22.7 Å². The largest absolute Gasteiger partial charge is 0.465 e. The van der Waals surface area contributed by atoms with E-state index in [0.29, 0.717) is 31.1 Å². The number of thiophene rings is 1. The zero-order valence-corrected chi connectivity index (χ0v) is 16.9. The standard InChI is InChI=1S/C21H20N2O3S2/c24-18(15-4-2-1-3-5-15)8-6-17-7-9-19(28-17)20(25)23-12-10-16(14-23)26-21-22-11-13-27-21/h1-5,7,9,11,13,16H,6,8,10,12,14H2. The molecule has 28 heavy (non-hydrogen) atoms. The number of benzene rings is 1. The Bertz CT molecular complexity index is 938. The Morgan fingerprint density at radius 3 is 2.82 bits per heavy atom. The van der Waals surface area contributed by atoms with Gasteiger partial charge < -0.3 is 9.64 Å². The van der Waals surface area contributed by atoms with E-state index in [9.17, 15) is 9.59 Å². The number of rotatable bonds is 7. The van der Waals surface area contributed by atoms with Crippen LogP contribution in [0, 0.1) is 0 Å². The summed E-state index contributed by atoms with van der Waals surface area (Å²) in [6.45, 7) is 1.27. The maximum absolute atomic E-state index is 12.8. The molecule has 144 valence electrons. The van der Waals surface area contributed by atoms with Gasteiger partial charge in [0, 0.05) is 41.4 Å². The lowest BCUT2D eigenvalue weighted by Crippen LogP contribution is -2.30. The summed E-state index contributed by atoms with van der Waals surface area (Å²) in [6, 6.07) is 13.1. The van der Waals surface area contributed by atoms with Gasteiger partial charge in [0.2, 0.25) is 0 Å². The number of aryl methyl sites for hydroxylation is 1. The summed E-state index contributed by atoms with van der Waals surface area (Å²) in [4.78, 5) is 32.8. The molecule has 7 heteroatoms. The molecule has 1 aliphatic heterocycles. The summed E-state index contributed by atoms with van der Waals surface area (Å²) in [5.74, 6) is 0.166. The summed E-state index contributed by atoms with van der Waals surface area (Å²) < 4.78 is 5.82. The first kappa shape index (κ1) is 18.8. The van der Waals surface area contributed by atoms with Gasteiger partial charge in [0.05, 0.1) is 11.4 Å². The molecule has 1 amide bonds. The Morgan fingerprint density at radius 1 is 1.18 bits per heavy atom. The SMILES string of the molecule is O=C(CCc1ccc(C(=O)N2CCC(Oc3nccs3)C2)s1)c1ccccc1. The van der Waals surface area contributed by atoms with Gasteiger partial charge in [0.15, 0.2) is 5.78 Å². The number of ketones is 1. The number of hydrogen-bond acceptors (Lipinski definition) is 6. The molecule has 1 aromatic carbocycles. The molecule has 5 nitrogen and oxygen atoms in total. The molecular weight excluding hydrogens is 392 g/mol. The van der Waals surface area contributed by atoms with E-state index in [1.54, 1.807) is 6.20 Å². The van der Waals surface area contributed by atoms with Crippen molar-refractivity contribution in [3.8, 4) is 5.19 Å². The van der Waals surface area contributed by atoms with Crippen LogP contribution in [0.2, 0.25) is 0 Å². The molecular formula is C21H20N2O3S2. The lowest BCUT2D eigenvalue weighted by Gasteiger charge is -2.15. The molecule has 1 fully saturated rings. The second kappa shape index (κ2) is 8.67. The fourth-order valence-electron chi connectivity index (χ4n) is 3.21. The number of ether oxygens (including phenoxy) is 1. The third kappa shape index (κ3) is 4.48. The molecule has 4 rings (SSSR count). The van der Waals surface area contributed by atoms with Crippen molar-refractivity contribution < 1.29 is 14.3 Å². The number of Topliss-reactive ketones (excluding diaryl/α,β-unsaturated/α-hetero) is 1. The van der Waals surface area contributed by atoms with Crippen molar-refractivity contribution in [2.24, 2.45) is 0 Å². The summed E-state index contributed by atoms with van der Waals surface area (Å²) in [5.41, 5.74) is 0.735. The van der Waals surface area contributed by atoms with E-state index in [0.717, 1.165) is 21.7 Å². The number of thiazole rings is 1. The van der Waals surface area contributed by atoms with Crippen LogP contribution in [0.25, 0.3) is 0 Å². The molecule has 2 aromatic heterocycles. The van der Waals surface area contributed by atoms with Gasteiger partial charge >= 0.3 is 0 Å². The molecule has 0 bridgehead atoms. The van der Waals surface area contributed by atoms with E-state index in [2.05, 4.69) is 4.98 Å². The minimum absolute atomic E-state index is 0.00183. The van der Waals surface area contributed by atoms with E-state index in [1.165, 1.54) is 22.7 Å². The van der Waals surface area contributed by atoms with Crippen LogP contribution in [-0.2, 0) is 6.42 Å². The van der Waals surface area contributed by atoms with Gasteiger partial charge in [0.1, 0.15) is 6.10 Å². The number of hydrogen-bond donors (Lipinski definition) is 0. The number of carbonyl (C=O) groups excluding carboxylic acids is 2. The quantitative estimate of drug-likeness (QED) is 0.543. The first-order chi connectivity index (χ1) is 13.7. The maximum Gasteiger partial charge on any atom is 0.273 e. The number of carbonyl (C=O) groups is 2. The molecule has 1 unspecified atom stereocenters. The van der Waals surface area contributed by atoms with Crippen LogP contribution in [0.4, 0.5) is 0 Å². The number of amides is 1. The Balaban J connectivity index is 1.30. The average Bonchev–Trinajstić information content (AvgIpc) is 3.49. The van der Waals surface area contributed by atoms with Gasteiger partial charge in [-0.15, -0.1) is 11.3 Å². The molecule has 0 N–H and O–H groups in total. The summed E-state index contributed by atoms with van der Waals surface area (Å²) in [5, 5.41) is 2.53. The zero-order chi connectivity index (χ0) is 19.3. The van der Waals surface area contributed by atoms with Gasteiger partial charge in [-0.05, 0) is 18.6 Å². The number of nitrogens with zero attached hydrogens (tertiary/aromatic N) is 2. The third-order valence-electron chi connectivity index (χ3n) is 4.68. The van der Waals surface area contributed by atoms with Crippen LogP contribution in [0.3, 0.4) is 0 Å². The average molecular weight is 413 g/mol. The zero-order valence-electron chi connectivity index (χ0n) is 15.2. The van der Waals surface area contributed by atoms with Gasteiger partial charge in [-0.3, -0.25) is 9.59 Å². The smallest absolute Gasteiger partial charge is 0.273 e. The highest BCUT2D eigenvalue weighted by molar-refractivity contribution is 7.14. The molecule has 0 radical (unpaired) electrons. The lowest BCUT2D eigenvalue weighted by atomic mass is 10.1. The first-order valence-electron chi connectivity index (χ1n) is 9.21. The highest BCUT2D eigenvalue weighted by atomic mass is 32.1. The van der Waals surface area contributed by atoms with Crippen LogP contribution in [0.15, 0.2) is 54.0 Å². The first-order valence-corrected chi connectivity index (χ1v) is 10.9. The second-order valence-corrected chi connectivity index (χ2v) is 8.66. The van der Waals surface area contributed by atoms with Gasteiger partial charge in [-0.1, -0.05) is 41.7 Å². The minimum Gasteiger partial charge on any atom is -0.465 e. The van der Waals surface area contributed by atoms with Crippen LogP contribution in [-0.4, -0.2) is 40.8 Å². The van der Waals surface area contributed by atoms with E-state index in [1.807, 2.05) is 52.7 Å². The normalized spacial score (nSPS) is 16.3. The number of aromatic nitrogens is 1. The van der Waals surface area contributed by atoms with Crippen molar-refractivity contribution in [1.29, 1.82) is 0 Å². The van der Waals surface area contributed by atoms with Crippen molar-refractivity contribution >= 4 is 34.4 Å². The monoisotopic (exact) mass is 412 g/mol. The van der Waals surface area contributed by atoms with Crippen molar-refractivity contribution in [3.05, 3.63) is 69.4 Å². The van der Waals surface area contributed by atoms with Crippen molar-refractivity contribution in [2.45, 2.75) is 25.4 Å².